The molecule has 1 aromatic heterocycles. The average molecular weight is 280 g/mol. The molecule has 0 saturated carbocycles. The first-order valence-electron chi connectivity index (χ1n) is 7.00. The molecule has 7 heteroatoms. The second-order valence-corrected chi connectivity index (χ2v) is 4.90. The van der Waals surface area contributed by atoms with Crippen molar-refractivity contribution >= 4 is 5.71 Å². The van der Waals surface area contributed by atoms with Gasteiger partial charge in [-0.25, -0.2) is 4.79 Å². The van der Waals surface area contributed by atoms with Gasteiger partial charge in [0.1, 0.15) is 5.56 Å². The highest BCUT2D eigenvalue weighted by molar-refractivity contribution is 6.01. The maximum Gasteiger partial charge on any atom is 0.328 e. The summed E-state index contributed by atoms with van der Waals surface area (Å²) in [6.45, 7) is 3.57. The Labute approximate surface area is 116 Å². The lowest BCUT2D eigenvalue weighted by atomic mass is 10.1. The van der Waals surface area contributed by atoms with Crippen molar-refractivity contribution in [2.75, 3.05) is 13.1 Å². The molecule has 1 aromatic rings. The van der Waals surface area contributed by atoms with Crippen LogP contribution in [0.2, 0.25) is 0 Å². The molecule has 0 amide bonds. The van der Waals surface area contributed by atoms with Gasteiger partial charge in [0, 0.05) is 13.1 Å². The predicted octanol–water partition coefficient (Wildman–Crippen LogP) is 0.759. The Morgan fingerprint density at radius 1 is 1.20 bits per heavy atom. The quantitative estimate of drug-likeness (QED) is 0.711. The fraction of sp³-hybridized carbons (Fsp3) is 0.615. The molecule has 1 aliphatic rings. The van der Waals surface area contributed by atoms with Crippen molar-refractivity contribution in [3.8, 4) is 5.88 Å². The molecule has 2 rings (SSSR count). The van der Waals surface area contributed by atoms with Crippen molar-refractivity contribution in [2.45, 2.75) is 39.0 Å². The number of H-pyrrole nitrogens is 2. The highest BCUT2D eigenvalue weighted by Crippen LogP contribution is 2.14. The molecule has 0 bridgehead atoms. The van der Waals surface area contributed by atoms with Crippen molar-refractivity contribution in [3.05, 3.63) is 26.4 Å². The predicted molar refractivity (Wildman–Crippen MR) is 76.2 cm³/mol. The molecule has 0 aliphatic carbocycles. The number of hydrogen-bond donors (Lipinski definition) is 3. The van der Waals surface area contributed by atoms with Crippen molar-refractivity contribution in [2.24, 2.45) is 5.10 Å². The van der Waals surface area contributed by atoms with Gasteiger partial charge in [0.2, 0.25) is 5.88 Å². The Morgan fingerprint density at radius 3 is 2.40 bits per heavy atom. The number of hydrogen-bond acceptors (Lipinski definition) is 5. The molecule has 20 heavy (non-hydrogen) atoms. The fourth-order valence-corrected chi connectivity index (χ4v) is 2.36. The van der Waals surface area contributed by atoms with Crippen molar-refractivity contribution in [1.82, 2.24) is 15.0 Å². The molecule has 0 atom stereocenters. The smallest absolute Gasteiger partial charge is 0.328 e. The average Bonchev–Trinajstić information content (AvgIpc) is 2.65. The topological polar surface area (TPSA) is 102 Å². The lowest BCUT2D eigenvalue weighted by molar-refractivity contribution is 0.300. The van der Waals surface area contributed by atoms with E-state index in [1.807, 2.05) is 11.9 Å². The zero-order valence-corrected chi connectivity index (χ0v) is 11.6. The number of aromatic nitrogens is 2. The lowest BCUT2D eigenvalue weighted by Gasteiger charge is -2.18. The van der Waals surface area contributed by atoms with E-state index in [9.17, 15) is 14.7 Å². The first kappa shape index (κ1) is 14.4. The summed E-state index contributed by atoms with van der Waals surface area (Å²) in [5.41, 5.74) is -0.790. The summed E-state index contributed by atoms with van der Waals surface area (Å²) < 4.78 is 0. The van der Waals surface area contributed by atoms with Crippen LogP contribution in [0, 0.1) is 0 Å². The summed E-state index contributed by atoms with van der Waals surface area (Å²) >= 11 is 0. The Balaban J connectivity index is 2.36. The van der Waals surface area contributed by atoms with Crippen LogP contribution in [0.5, 0.6) is 5.88 Å². The minimum atomic E-state index is -0.721. The van der Waals surface area contributed by atoms with E-state index in [-0.39, 0.29) is 5.56 Å². The summed E-state index contributed by atoms with van der Waals surface area (Å²) in [4.78, 5) is 27.2. The summed E-state index contributed by atoms with van der Waals surface area (Å²) in [6.07, 6.45) is 5.04. The first-order chi connectivity index (χ1) is 9.61. The van der Waals surface area contributed by atoms with Crippen LogP contribution in [0.3, 0.4) is 0 Å². The van der Waals surface area contributed by atoms with Crippen LogP contribution in [0.15, 0.2) is 14.7 Å². The maximum atomic E-state index is 11.8. The van der Waals surface area contributed by atoms with Gasteiger partial charge in [0.05, 0.1) is 5.71 Å². The zero-order chi connectivity index (χ0) is 14.5. The third-order valence-electron chi connectivity index (χ3n) is 3.39. The Kier molecular flexibility index (Phi) is 4.60. The number of hydrazone groups is 1. The van der Waals surface area contributed by atoms with Crippen LogP contribution in [0.4, 0.5) is 0 Å². The second-order valence-electron chi connectivity index (χ2n) is 4.90. The molecule has 0 unspecified atom stereocenters. The largest absolute Gasteiger partial charge is 0.494 e. The van der Waals surface area contributed by atoms with E-state index in [1.54, 1.807) is 0 Å². The number of aromatic amines is 2. The van der Waals surface area contributed by atoms with Crippen molar-refractivity contribution in [3.63, 3.8) is 0 Å². The lowest BCUT2D eigenvalue weighted by Crippen LogP contribution is -2.29. The van der Waals surface area contributed by atoms with Gasteiger partial charge in [-0.3, -0.25) is 19.8 Å². The minimum absolute atomic E-state index is 0.0522. The van der Waals surface area contributed by atoms with Crippen molar-refractivity contribution < 1.29 is 5.11 Å². The molecular formula is C13H20N4O3. The molecule has 0 aromatic carbocycles. The van der Waals surface area contributed by atoms with E-state index in [0.29, 0.717) is 12.1 Å². The normalized spacial score (nSPS) is 17.1. The van der Waals surface area contributed by atoms with Gasteiger partial charge in [-0.15, -0.1) is 0 Å². The van der Waals surface area contributed by atoms with E-state index >= 15 is 0 Å². The molecule has 7 nitrogen and oxygen atoms in total. The third-order valence-corrected chi connectivity index (χ3v) is 3.39. The van der Waals surface area contributed by atoms with Crippen LogP contribution >= 0.6 is 0 Å². The van der Waals surface area contributed by atoms with Crippen LogP contribution in [-0.4, -0.2) is 38.9 Å². The summed E-state index contributed by atoms with van der Waals surface area (Å²) in [5, 5.41) is 16.2. The molecule has 3 N–H and O–H groups in total. The highest BCUT2D eigenvalue weighted by atomic mass is 16.3. The van der Waals surface area contributed by atoms with Gasteiger partial charge < -0.3 is 5.11 Å². The number of aromatic hydroxyl groups is 1. The monoisotopic (exact) mass is 280 g/mol. The number of nitrogens with one attached hydrogen (secondary N) is 2. The van der Waals surface area contributed by atoms with Crippen LogP contribution < -0.4 is 11.2 Å². The zero-order valence-electron chi connectivity index (χ0n) is 11.6. The number of nitrogens with zero attached hydrogens (tertiary/aromatic N) is 2. The van der Waals surface area contributed by atoms with Crippen LogP contribution in [0.1, 0.15) is 44.6 Å². The fourth-order valence-electron chi connectivity index (χ4n) is 2.36. The summed E-state index contributed by atoms with van der Waals surface area (Å²) in [5.74, 6) is -0.422. The van der Waals surface area contributed by atoms with E-state index in [0.717, 1.165) is 25.9 Å². The molecule has 1 fully saturated rings. The third kappa shape index (κ3) is 3.28. The van der Waals surface area contributed by atoms with Gasteiger partial charge >= 0.3 is 5.69 Å². The van der Waals surface area contributed by atoms with Gasteiger partial charge in [0.15, 0.2) is 0 Å². The second kappa shape index (κ2) is 6.40. The molecule has 1 aliphatic heterocycles. The van der Waals surface area contributed by atoms with Crippen LogP contribution in [-0.2, 0) is 0 Å². The van der Waals surface area contributed by atoms with E-state index in [2.05, 4.69) is 15.1 Å². The SMILES string of the molecule is CCC(=NN1CCCCCC1)c1c(O)[nH]c(=O)[nH]c1=O. The Morgan fingerprint density at radius 2 is 1.85 bits per heavy atom. The maximum absolute atomic E-state index is 11.8. The minimum Gasteiger partial charge on any atom is -0.494 e. The van der Waals surface area contributed by atoms with Gasteiger partial charge in [0.25, 0.3) is 5.56 Å². The Bertz CT molecular complexity index is 594. The Hall–Kier alpha value is -2.05. The highest BCUT2D eigenvalue weighted by Gasteiger charge is 2.16. The molecule has 2 heterocycles. The van der Waals surface area contributed by atoms with E-state index < -0.39 is 17.1 Å². The van der Waals surface area contributed by atoms with E-state index in [4.69, 9.17) is 0 Å². The van der Waals surface area contributed by atoms with E-state index in [1.165, 1.54) is 12.8 Å². The molecule has 0 radical (unpaired) electrons. The molecular weight excluding hydrogens is 260 g/mol. The standard InChI is InChI=1S/C13H20N4O3/c1-2-9(16-17-7-5-3-4-6-8-17)10-11(18)14-13(20)15-12(10)19/h2-8H2,1H3,(H3,14,15,18,19,20). The summed E-state index contributed by atoms with van der Waals surface area (Å²) in [6, 6.07) is 0. The first-order valence-corrected chi connectivity index (χ1v) is 7.00. The summed E-state index contributed by atoms with van der Waals surface area (Å²) in [7, 11) is 0. The number of rotatable bonds is 3. The van der Waals surface area contributed by atoms with Crippen LogP contribution in [0.25, 0.3) is 0 Å². The molecule has 110 valence electrons. The van der Waals surface area contributed by atoms with Crippen molar-refractivity contribution in [1.29, 1.82) is 0 Å². The molecule has 1 saturated heterocycles. The van der Waals surface area contributed by atoms with Gasteiger partial charge in [-0.1, -0.05) is 19.8 Å². The molecule has 0 spiro atoms. The van der Waals surface area contributed by atoms with Gasteiger partial charge in [-0.05, 0) is 19.3 Å². The van der Waals surface area contributed by atoms with Gasteiger partial charge in [-0.2, -0.15) is 5.10 Å².